The third-order valence-electron chi connectivity index (χ3n) is 3.02. The van der Waals surface area contributed by atoms with Crippen LogP contribution in [0.25, 0.3) is 0 Å². The number of aliphatic hydroxyl groups excluding tert-OH is 1. The first-order chi connectivity index (χ1) is 8.58. The standard InChI is InChI=1S/C14H18N2O2/c1-10(17)12-4-5-14(15-8-12)16(3)9-13-6-7-18-11(13)2/h4-8,10,17H,9H2,1-3H3/t10-/m0/s1. The average molecular weight is 246 g/mol. The number of aryl methyl sites for hydroxylation is 1. The van der Waals surface area contributed by atoms with Gasteiger partial charge in [-0.1, -0.05) is 6.07 Å². The van der Waals surface area contributed by atoms with Gasteiger partial charge in [-0.25, -0.2) is 4.98 Å². The minimum absolute atomic E-state index is 0.479. The minimum Gasteiger partial charge on any atom is -0.469 e. The van der Waals surface area contributed by atoms with Crippen molar-refractivity contribution in [2.45, 2.75) is 26.5 Å². The molecule has 4 heteroatoms. The molecule has 0 unspecified atom stereocenters. The molecular formula is C14H18N2O2. The van der Waals surface area contributed by atoms with E-state index in [1.54, 1.807) is 19.4 Å². The molecule has 0 fully saturated rings. The summed E-state index contributed by atoms with van der Waals surface area (Å²) >= 11 is 0. The number of anilines is 1. The van der Waals surface area contributed by atoms with Gasteiger partial charge < -0.3 is 14.4 Å². The fourth-order valence-electron chi connectivity index (χ4n) is 1.78. The van der Waals surface area contributed by atoms with Crippen molar-refractivity contribution in [1.82, 2.24) is 4.98 Å². The van der Waals surface area contributed by atoms with E-state index in [-0.39, 0.29) is 0 Å². The number of nitrogens with zero attached hydrogens (tertiary/aromatic N) is 2. The van der Waals surface area contributed by atoms with Crippen LogP contribution in [0.2, 0.25) is 0 Å². The summed E-state index contributed by atoms with van der Waals surface area (Å²) in [5.41, 5.74) is 1.98. The predicted octanol–water partition coefficient (Wildman–Crippen LogP) is 2.67. The SMILES string of the molecule is Cc1occc1CN(C)c1ccc([C@H](C)O)cn1. The van der Waals surface area contributed by atoms with Crippen LogP contribution in [0.1, 0.15) is 29.9 Å². The Balaban J connectivity index is 2.09. The summed E-state index contributed by atoms with van der Waals surface area (Å²) in [5, 5.41) is 9.43. The maximum Gasteiger partial charge on any atom is 0.128 e. The van der Waals surface area contributed by atoms with E-state index in [0.717, 1.165) is 29.2 Å². The number of aliphatic hydroxyl groups is 1. The summed E-state index contributed by atoms with van der Waals surface area (Å²) in [6, 6.07) is 5.78. The van der Waals surface area contributed by atoms with Crippen LogP contribution >= 0.6 is 0 Å². The first-order valence-corrected chi connectivity index (χ1v) is 5.96. The molecular weight excluding hydrogens is 228 g/mol. The quantitative estimate of drug-likeness (QED) is 0.901. The van der Waals surface area contributed by atoms with Crippen LogP contribution in [0.4, 0.5) is 5.82 Å². The smallest absolute Gasteiger partial charge is 0.128 e. The fourth-order valence-corrected chi connectivity index (χ4v) is 1.78. The summed E-state index contributed by atoms with van der Waals surface area (Å²) in [5.74, 6) is 1.81. The number of aromatic nitrogens is 1. The Labute approximate surface area is 107 Å². The van der Waals surface area contributed by atoms with Crippen molar-refractivity contribution in [3.63, 3.8) is 0 Å². The molecule has 4 nitrogen and oxygen atoms in total. The van der Waals surface area contributed by atoms with Crippen molar-refractivity contribution < 1.29 is 9.52 Å². The molecule has 0 aliphatic rings. The van der Waals surface area contributed by atoms with E-state index in [1.165, 1.54) is 0 Å². The van der Waals surface area contributed by atoms with Gasteiger partial charge >= 0.3 is 0 Å². The Kier molecular flexibility index (Phi) is 3.67. The molecule has 0 amide bonds. The third kappa shape index (κ3) is 2.71. The highest BCUT2D eigenvalue weighted by Crippen LogP contribution is 2.18. The Morgan fingerprint density at radius 2 is 2.17 bits per heavy atom. The summed E-state index contributed by atoms with van der Waals surface area (Å²) < 4.78 is 5.27. The number of pyridine rings is 1. The Morgan fingerprint density at radius 3 is 2.67 bits per heavy atom. The van der Waals surface area contributed by atoms with E-state index in [2.05, 4.69) is 4.98 Å². The molecule has 0 aliphatic carbocycles. The van der Waals surface area contributed by atoms with Crippen molar-refractivity contribution >= 4 is 5.82 Å². The number of furan rings is 1. The molecule has 0 radical (unpaired) electrons. The van der Waals surface area contributed by atoms with Crippen molar-refractivity contribution in [3.05, 3.63) is 47.5 Å². The second-order valence-electron chi connectivity index (χ2n) is 4.48. The zero-order valence-corrected chi connectivity index (χ0v) is 10.9. The van der Waals surface area contributed by atoms with E-state index in [0.29, 0.717) is 0 Å². The molecule has 2 rings (SSSR count). The maximum absolute atomic E-state index is 9.43. The topological polar surface area (TPSA) is 49.5 Å². The number of hydrogen-bond acceptors (Lipinski definition) is 4. The highest BCUT2D eigenvalue weighted by molar-refractivity contribution is 5.40. The van der Waals surface area contributed by atoms with Crippen LogP contribution in [-0.2, 0) is 6.54 Å². The summed E-state index contributed by atoms with van der Waals surface area (Å²) in [7, 11) is 1.98. The van der Waals surface area contributed by atoms with Gasteiger partial charge in [0.05, 0.1) is 12.4 Å². The van der Waals surface area contributed by atoms with E-state index in [9.17, 15) is 5.11 Å². The average Bonchev–Trinajstić information content (AvgIpc) is 2.75. The normalized spacial score (nSPS) is 12.4. The second kappa shape index (κ2) is 5.23. The van der Waals surface area contributed by atoms with Gasteiger partial charge in [0.15, 0.2) is 0 Å². The largest absolute Gasteiger partial charge is 0.469 e. The molecule has 0 saturated heterocycles. The molecule has 0 saturated carbocycles. The van der Waals surface area contributed by atoms with Crippen LogP contribution in [0, 0.1) is 6.92 Å². The van der Waals surface area contributed by atoms with Gasteiger partial charge in [0.1, 0.15) is 11.6 Å². The highest BCUT2D eigenvalue weighted by atomic mass is 16.3. The molecule has 1 atom stereocenters. The molecule has 96 valence electrons. The fraction of sp³-hybridized carbons (Fsp3) is 0.357. The van der Waals surface area contributed by atoms with Gasteiger partial charge in [-0.2, -0.15) is 0 Å². The molecule has 1 N–H and O–H groups in total. The van der Waals surface area contributed by atoms with Crippen LogP contribution in [0.3, 0.4) is 0 Å². The molecule has 0 aromatic carbocycles. The lowest BCUT2D eigenvalue weighted by molar-refractivity contribution is 0.199. The highest BCUT2D eigenvalue weighted by Gasteiger charge is 2.08. The lowest BCUT2D eigenvalue weighted by atomic mass is 10.2. The Hall–Kier alpha value is -1.81. The third-order valence-corrected chi connectivity index (χ3v) is 3.02. The predicted molar refractivity (Wildman–Crippen MR) is 70.4 cm³/mol. The maximum atomic E-state index is 9.43. The lowest BCUT2D eigenvalue weighted by Gasteiger charge is -2.18. The Morgan fingerprint density at radius 1 is 1.39 bits per heavy atom. The van der Waals surface area contributed by atoms with Crippen LogP contribution < -0.4 is 4.90 Å². The molecule has 2 aromatic rings. The van der Waals surface area contributed by atoms with Crippen molar-refractivity contribution in [1.29, 1.82) is 0 Å². The monoisotopic (exact) mass is 246 g/mol. The van der Waals surface area contributed by atoms with E-state index in [4.69, 9.17) is 4.42 Å². The Bertz CT molecular complexity index is 503. The van der Waals surface area contributed by atoms with Gasteiger partial charge in [0.2, 0.25) is 0 Å². The molecule has 2 heterocycles. The first kappa shape index (κ1) is 12.6. The van der Waals surface area contributed by atoms with Gasteiger partial charge in [-0.15, -0.1) is 0 Å². The summed E-state index contributed by atoms with van der Waals surface area (Å²) in [4.78, 5) is 6.39. The molecule has 0 bridgehead atoms. The van der Waals surface area contributed by atoms with E-state index < -0.39 is 6.10 Å². The minimum atomic E-state index is -0.479. The zero-order valence-electron chi connectivity index (χ0n) is 10.9. The number of rotatable bonds is 4. The zero-order chi connectivity index (χ0) is 13.1. The first-order valence-electron chi connectivity index (χ1n) is 5.96. The summed E-state index contributed by atoms with van der Waals surface area (Å²) in [6.07, 6.45) is 2.93. The van der Waals surface area contributed by atoms with Gasteiger partial charge in [0, 0.05) is 25.4 Å². The van der Waals surface area contributed by atoms with Gasteiger partial charge in [0.25, 0.3) is 0 Å². The molecule has 18 heavy (non-hydrogen) atoms. The second-order valence-corrected chi connectivity index (χ2v) is 4.48. The van der Waals surface area contributed by atoms with E-state index in [1.807, 2.05) is 37.1 Å². The molecule has 2 aromatic heterocycles. The van der Waals surface area contributed by atoms with Crippen LogP contribution in [0.15, 0.2) is 35.1 Å². The van der Waals surface area contributed by atoms with Gasteiger partial charge in [-0.05, 0) is 31.5 Å². The number of hydrogen-bond donors (Lipinski definition) is 1. The van der Waals surface area contributed by atoms with Gasteiger partial charge in [-0.3, -0.25) is 0 Å². The lowest BCUT2D eigenvalue weighted by Crippen LogP contribution is -2.17. The molecule has 0 spiro atoms. The van der Waals surface area contributed by atoms with E-state index >= 15 is 0 Å². The summed E-state index contributed by atoms with van der Waals surface area (Å²) in [6.45, 7) is 4.44. The van der Waals surface area contributed by atoms with Crippen molar-refractivity contribution in [3.8, 4) is 0 Å². The van der Waals surface area contributed by atoms with Crippen molar-refractivity contribution in [2.24, 2.45) is 0 Å². The van der Waals surface area contributed by atoms with Crippen LogP contribution in [-0.4, -0.2) is 17.1 Å². The molecule has 0 aliphatic heterocycles. The van der Waals surface area contributed by atoms with Crippen molar-refractivity contribution in [2.75, 3.05) is 11.9 Å². The van der Waals surface area contributed by atoms with Crippen LogP contribution in [0.5, 0.6) is 0 Å².